The number of rotatable bonds is 5. The first kappa shape index (κ1) is 16.9. The van der Waals surface area contributed by atoms with E-state index in [4.69, 9.17) is 0 Å². The summed E-state index contributed by atoms with van der Waals surface area (Å²) in [5.41, 5.74) is 0. The molecule has 0 unspecified atom stereocenters. The summed E-state index contributed by atoms with van der Waals surface area (Å²) < 4.78 is 28.5. The van der Waals surface area contributed by atoms with Gasteiger partial charge in [0.05, 0.1) is 6.04 Å². The molecule has 0 spiro atoms. The maximum Gasteiger partial charge on any atom is 0.244 e. The molecule has 10 heteroatoms. The molecule has 25 heavy (non-hydrogen) atoms. The quantitative estimate of drug-likeness (QED) is 0.784. The summed E-state index contributed by atoms with van der Waals surface area (Å²) in [7, 11) is -3.42. The van der Waals surface area contributed by atoms with E-state index in [0.717, 1.165) is 25.7 Å². The van der Waals surface area contributed by atoms with Crippen molar-refractivity contribution >= 4 is 21.8 Å². The second kappa shape index (κ2) is 7.00. The molecule has 8 nitrogen and oxygen atoms in total. The molecule has 0 aromatic carbocycles. The minimum Gasteiger partial charge on any atom is -0.248 e. The summed E-state index contributed by atoms with van der Waals surface area (Å²) in [6.45, 7) is 1.18. The van der Waals surface area contributed by atoms with Crippen molar-refractivity contribution in [2.24, 2.45) is 0 Å². The van der Waals surface area contributed by atoms with Crippen LogP contribution in [0.3, 0.4) is 0 Å². The van der Waals surface area contributed by atoms with Gasteiger partial charge in [-0.3, -0.25) is 0 Å². The van der Waals surface area contributed by atoms with Crippen LogP contribution in [0, 0.1) is 0 Å². The van der Waals surface area contributed by atoms with Crippen molar-refractivity contribution in [3.63, 3.8) is 0 Å². The maximum atomic E-state index is 12.5. The first-order chi connectivity index (χ1) is 12.1. The van der Waals surface area contributed by atoms with Crippen LogP contribution in [0.4, 0.5) is 0 Å². The van der Waals surface area contributed by atoms with Crippen LogP contribution in [-0.4, -0.2) is 51.0 Å². The summed E-state index contributed by atoms with van der Waals surface area (Å²) in [5, 5.41) is 13.4. The Morgan fingerprint density at radius 2 is 1.84 bits per heavy atom. The Bertz CT molecular complexity index is 824. The van der Waals surface area contributed by atoms with Gasteiger partial charge in [0, 0.05) is 19.3 Å². The van der Waals surface area contributed by atoms with Gasteiger partial charge in [-0.15, -0.1) is 5.10 Å². The van der Waals surface area contributed by atoms with Gasteiger partial charge in [0.25, 0.3) is 0 Å². The number of pyridine rings is 1. The average molecular weight is 380 g/mol. The Labute approximate surface area is 151 Å². The Morgan fingerprint density at radius 1 is 1.08 bits per heavy atom. The van der Waals surface area contributed by atoms with Crippen LogP contribution in [0.25, 0.3) is 0 Å². The Morgan fingerprint density at radius 3 is 2.52 bits per heavy atom. The van der Waals surface area contributed by atoms with Crippen molar-refractivity contribution in [1.82, 2.24) is 29.5 Å². The van der Waals surface area contributed by atoms with E-state index in [9.17, 15) is 8.42 Å². The molecule has 2 aromatic rings. The summed E-state index contributed by atoms with van der Waals surface area (Å²) in [5.74, 6) is 0. The first-order valence-electron chi connectivity index (χ1n) is 8.56. The standard InChI is InChI=1S/C15H20N6O2S2/c22-25(23,20-9-3-4-10-20)13-7-8-14(16-11-13)24-15-17-18-19-21(15)12-5-1-2-6-12/h7-8,11-12H,1-6,9-10H2. The highest BCUT2D eigenvalue weighted by Gasteiger charge is 2.27. The normalized spacial score (nSPS) is 19.7. The molecule has 1 aliphatic heterocycles. The first-order valence-corrected chi connectivity index (χ1v) is 10.8. The molecule has 0 N–H and O–H groups in total. The number of hydrogen-bond donors (Lipinski definition) is 0. The lowest BCUT2D eigenvalue weighted by Crippen LogP contribution is -2.27. The highest BCUT2D eigenvalue weighted by atomic mass is 32.2. The zero-order chi connectivity index (χ0) is 17.3. The molecule has 0 radical (unpaired) electrons. The number of tetrazole rings is 1. The van der Waals surface area contributed by atoms with Gasteiger partial charge in [0.15, 0.2) is 0 Å². The van der Waals surface area contributed by atoms with Gasteiger partial charge in [-0.2, -0.15) is 4.31 Å². The van der Waals surface area contributed by atoms with E-state index in [1.165, 1.54) is 35.1 Å². The Balaban J connectivity index is 1.50. The minimum absolute atomic E-state index is 0.245. The SMILES string of the molecule is O=S(=O)(c1ccc(Sc2nnnn2C2CCCC2)nc1)N1CCCC1. The van der Waals surface area contributed by atoms with Gasteiger partial charge >= 0.3 is 0 Å². The van der Waals surface area contributed by atoms with E-state index in [1.54, 1.807) is 12.1 Å². The molecule has 0 atom stereocenters. The molecule has 0 bridgehead atoms. The van der Waals surface area contributed by atoms with Gasteiger partial charge in [-0.1, -0.05) is 12.8 Å². The van der Waals surface area contributed by atoms with E-state index >= 15 is 0 Å². The molecular weight excluding hydrogens is 360 g/mol. The van der Waals surface area contributed by atoms with Gasteiger partial charge in [-0.25, -0.2) is 18.1 Å². The lowest BCUT2D eigenvalue weighted by atomic mass is 10.3. The summed E-state index contributed by atoms with van der Waals surface area (Å²) >= 11 is 1.37. The number of sulfonamides is 1. The molecule has 2 aliphatic rings. The molecular formula is C15H20N6O2S2. The summed E-state index contributed by atoms with van der Waals surface area (Å²) in [6.07, 6.45) is 7.87. The molecule has 3 heterocycles. The predicted molar refractivity (Wildman–Crippen MR) is 91.7 cm³/mol. The molecule has 0 amide bonds. The van der Waals surface area contributed by atoms with Gasteiger partial charge < -0.3 is 0 Å². The van der Waals surface area contributed by atoms with Crippen molar-refractivity contribution in [2.45, 2.75) is 59.6 Å². The van der Waals surface area contributed by atoms with E-state index in [-0.39, 0.29) is 4.90 Å². The van der Waals surface area contributed by atoms with Crippen molar-refractivity contribution in [1.29, 1.82) is 0 Å². The number of hydrogen-bond acceptors (Lipinski definition) is 7. The molecule has 1 saturated carbocycles. The highest BCUT2D eigenvalue weighted by Crippen LogP contribution is 2.33. The van der Waals surface area contributed by atoms with Crippen molar-refractivity contribution in [2.75, 3.05) is 13.1 Å². The van der Waals surface area contributed by atoms with Gasteiger partial charge in [0.1, 0.15) is 9.92 Å². The van der Waals surface area contributed by atoms with Crippen LogP contribution >= 0.6 is 11.8 Å². The topological polar surface area (TPSA) is 93.9 Å². The Kier molecular flexibility index (Phi) is 4.74. The van der Waals surface area contributed by atoms with Crippen molar-refractivity contribution in [3.8, 4) is 0 Å². The van der Waals surface area contributed by atoms with E-state index in [2.05, 4.69) is 20.5 Å². The number of aromatic nitrogens is 5. The van der Waals surface area contributed by atoms with Gasteiger partial charge in [0.2, 0.25) is 15.2 Å². The minimum atomic E-state index is -3.42. The molecule has 2 aromatic heterocycles. The largest absolute Gasteiger partial charge is 0.248 e. The predicted octanol–water partition coefficient (Wildman–Crippen LogP) is 2.12. The van der Waals surface area contributed by atoms with Gasteiger partial charge in [-0.05, 0) is 60.0 Å². The summed E-state index contributed by atoms with van der Waals surface area (Å²) in [4.78, 5) is 4.55. The fraction of sp³-hybridized carbons (Fsp3) is 0.600. The third-order valence-electron chi connectivity index (χ3n) is 4.74. The maximum absolute atomic E-state index is 12.5. The van der Waals surface area contributed by atoms with E-state index in [1.807, 2.05) is 4.68 Å². The lowest BCUT2D eigenvalue weighted by Gasteiger charge is -2.15. The van der Waals surface area contributed by atoms with Crippen LogP contribution in [0.1, 0.15) is 44.6 Å². The molecule has 134 valence electrons. The lowest BCUT2D eigenvalue weighted by molar-refractivity contribution is 0.423. The van der Waals surface area contributed by atoms with Crippen LogP contribution in [-0.2, 0) is 10.0 Å². The number of nitrogens with zero attached hydrogens (tertiary/aromatic N) is 6. The second-order valence-corrected chi connectivity index (χ2v) is 9.32. The molecule has 1 aliphatic carbocycles. The molecule has 2 fully saturated rings. The van der Waals surface area contributed by atoms with E-state index < -0.39 is 10.0 Å². The van der Waals surface area contributed by atoms with Crippen molar-refractivity contribution in [3.05, 3.63) is 18.3 Å². The smallest absolute Gasteiger partial charge is 0.244 e. The van der Waals surface area contributed by atoms with Crippen LogP contribution in [0.5, 0.6) is 0 Å². The zero-order valence-electron chi connectivity index (χ0n) is 13.8. The van der Waals surface area contributed by atoms with Crippen LogP contribution in [0.15, 0.2) is 33.4 Å². The Hall–Kier alpha value is -1.52. The summed E-state index contributed by atoms with van der Waals surface area (Å²) in [6, 6.07) is 3.70. The third-order valence-corrected chi connectivity index (χ3v) is 7.53. The van der Waals surface area contributed by atoms with Crippen LogP contribution < -0.4 is 0 Å². The fourth-order valence-corrected chi connectivity index (χ4v) is 5.63. The fourth-order valence-electron chi connectivity index (χ4n) is 3.38. The average Bonchev–Trinajstić information content (AvgIpc) is 3.37. The second-order valence-electron chi connectivity index (χ2n) is 6.39. The van der Waals surface area contributed by atoms with E-state index in [0.29, 0.717) is 29.3 Å². The molecule has 1 saturated heterocycles. The third kappa shape index (κ3) is 3.42. The zero-order valence-corrected chi connectivity index (χ0v) is 15.4. The van der Waals surface area contributed by atoms with Crippen molar-refractivity contribution < 1.29 is 8.42 Å². The highest BCUT2D eigenvalue weighted by molar-refractivity contribution is 7.99. The molecule has 4 rings (SSSR count). The monoisotopic (exact) mass is 380 g/mol. The van der Waals surface area contributed by atoms with Crippen LogP contribution in [0.2, 0.25) is 0 Å².